The van der Waals surface area contributed by atoms with Crippen molar-refractivity contribution in [1.29, 1.82) is 0 Å². The first-order chi connectivity index (χ1) is 8.67. The molecule has 1 aliphatic rings. The smallest absolute Gasteiger partial charge is 0.224 e. The maximum absolute atomic E-state index is 12.0. The van der Waals surface area contributed by atoms with Gasteiger partial charge in [0.05, 0.1) is 13.5 Å². The summed E-state index contributed by atoms with van der Waals surface area (Å²) in [4.78, 5) is 12.0. The molecule has 0 heterocycles. The topological polar surface area (TPSA) is 38.3 Å². The summed E-state index contributed by atoms with van der Waals surface area (Å²) in [5.74, 6) is 0.876. The van der Waals surface area contributed by atoms with Crippen molar-refractivity contribution in [2.45, 2.75) is 31.2 Å². The Kier molecular flexibility index (Phi) is 4.27. The third-order valence-corrected chi connectivity index (χ3v) is 4.54. The zero-order valence-electron chi connectivity index (χ0n) is 10.5. The van der Waals surface area contributed by atoms with Gasteiger partial charge >= 0.3 is 0 Å². The van der Waals surface area contributed by atoms with Crippen LogP contribution in [0.15, 0.2) is 24.3 Å². The van der Waals surface area contributed by atoms with Crippen LogP contribution in [-0.4, -0.2) is 23.9 Å². The molecule has 1 aromatic rings. The van der Waals surface area contributed by atoms with Gasteiger partial charge in [0.25, 0.3) is 0 Å². The number of benzene rings is 1. The van der Waals surface area contributed by atoms with Gasteiger partial charge in [-0.05, 0) is 37.0 Å². The molecule has 2 rings (SSSR count). The minimum atomic E-state index is -0.00402. The van der Waals surface area contributed by atoms with E-state index in [2.05, 4.69) is 21.2 Å². The molecule has 0 aliphatic heterocycles. The maximum Gasteiger partial charge on any atom is 0.224 e. The molecule has 1 N–H and O–H groups in total. The summed E-state index contributed by atoms with van der Waals surface area (Å²) >= 11 is 3.49. The molecule has 98 valence electrons. The van der Waals surface area contributed by atoms with Gasteiger partial charge in [0.15, 0.2) is 0 Å². The van der Waals surface area contributed by atoms with Crippen LogP contribution in [0.5, 0.6) is 5.75 Å². The van der Waals surface area contributed by atoms with Crippen LogP contribution >= 0.6 is 15.9 Å². The third-order valence-electron chi connectivity index (χ3n) is 3.47. The van der Waals surface area contributed by atoms with Gasteiger partial charge in [0, 0.05) is 10.9 Å². The molecule has 0 saturated heterocycles. The van der Waals surface area contributed by atoms with E-state index in [4.69, 9.17) is 4.74 Å². The lowest BCUT2D eigenvalue weighted by atomic mass is 9.78. The number of methoxy groups -OCH3 is 1. The summed E-state index contributed by atoms with van der Waals surface area (Å²) in [6, 6.07) is 7.64. The fourth-order valence-corrected chi connectivity index (χ4v) is 2.90. The van der Waals surface area contributed by atoms with E-state index < -0.39 is 0 Å². The second-order valence-corrected chi connectivity index (χ2v) is 5.40. The molecule has 0 unspecified atom stereocenters. The van der Waals surface area contributed by atoms with Gasteiger partial charge in [-0.3, -0.25) is 4.79 Å². The van der Waals surface area contributed by atoms with E-state index in [-0.39, 0.29) is 11.4 Å². The monoisotopic (exact) mass is 311 g/mol. The largest absolute Gasteiger partial charge is 0.497 e. The normalized spacial score (nSPS) is 16.8. The minimum Gasteiger partial charge on any atom is -0.497 e. The van der Waals surface area contributed by atoms with Gasteiger partial charge < -0.3 is 10.1 Å². The van der Waals surface area contributed by atoms with Crippen molar-refractivity contribution in [3.05, 3.63) is 29.8 Å². The number of amides is 1. The van der Waals surface area contributed by atoms with Crippen LogP contribution in [-0.2, 0) is 11.2 Å². The molecule has 3 nitrogen and oxygen atoms in total. The van der Waals surface area contributed by atoms with Crippen LogP contribution in [0.25, 0.3) is 0 Å². The molecular weight excluding hydrogens is 294 g/mol. The Labute approximate surface area is 116 Å². The standard InChI is InChI=1S/C14H18BrNO2/c1-18-12-5-2-4-11(8-12)9-13(17)16-14(10-15)6-3-7-14/h2,4-5,8H,3,6-7,9-10H2,1H3,(H,16,17). The van der Waals surface area contributed by atoms with Crippen molar-refractivity contribution < 1.29 is 9.53 Å². The third kappa shape index (κ3) is 3.05. The fourth-order valence-electron chi connectivity index (χ4n) is 2.20. The van der Waals surface area contributed by atoms with Crippen molar-refractivity contribution in [1.82, 2.24) is 5.32 Å². The van der Waals surface area contributed by atoms with Crippen LogP contribution in [0.4, 0.5) is 0 Å². The van der Waals surface area contributed by atoms with Gasteiger partial charge in [-0.1, -0.05) is 28.1 Å². The van der Waals surface area contributed by atoms with Crippen LogP contribution in [0, 0.1) is 0 Å². The first kappa shape index (κ1) is 13.4. The molecule has 1 amide bonds. The molecular formula is C14H18BrNO2. The van der Waals surface area contributed by atoms with E-state index in [0.717, 1.165) is 29.5 Å². The number of nitrogens with one attached hydrogen (secondary N) is 1. The second-order valence-electron chi connectivity index (χ2n) is 4.84. The van der Waals surface area contributed by atoms with Gasteiger partial charge in [-0.25, -0.2) is 0 Å². The van der Waals surface area contributed by atoms with Gasteiger partial charge in [-0.2, -0.15) is 0 Å². The van der Waals surface area contributed by atoms with Crippen molar-refractivity contribution >= 4 is 21.8 Å². The predicted octanol–water partition coefficient (Wildman–Crippen LogP) is 2.67. The molecule has 4 heteroatoms. The zero-order valence-corrected chi connectivity index (χ0v) is 12.1. The Bertz CT molecular complexity index is 424. The van der Waals surface area contributed by atoms with E-state index in [1.807, 2.05) is 24.3 Å². The van der Waals surface area contributed by atoms with Crippen LogP contribution in [0.2, 0.25) is 0 Å². The highest BCUT2D eigenvalue weighted by atomic mass is 79.9. The number of hydrogen-bond acceptors (Lipinski definition) is 2. The van der Waals surface area contributed by atoms with Crippen molar-refractivity contribution in [3.63, 3.8) is 0 Å². The summed E-state index contributed by atoms with van der Waals surface area (Å²) < 4.78 is 5.15. The van der Waals surface area contributed by atoms with E-state index in [9.17, 15) is 4.79 Å². The van der Waals surface area contributed by atoms with E-state index in [1.54, 1.807) is 7.11 Å². The minimum absolute atomic E-state index is 0.00402. The van der Waals surface area contributed by atoms with Crippen molar-refractivity contribution in [3.8, 4) is 5.75 Å². The van der Waals surface area contributed by atoms with Gasteiger partial charge in [0.1, 0.15) is 5.75 Å². The average Bonchev–Trinajstić information content (AvgIpc) is 2.34. The number of rotatable bonds is 5. The summed E-state index contributed by atoms with van der Waals surface area (Å²) in [5, 5.41) is 3.98. The summed E-state index contributed by atoms with van der Waals surface area (Å²) in [6.45, 7) is 0. The van der Waals surface area contributed by atoms with Gasteiger partial charge in [0.2, 0.25) is 5.91 Å². The molecule has 0 bridgehead atoms. The number of carbonyl (C=O) groups is 1. The number of carbonyl (C=O) groups excluding carboxylic acids is 1. The molecule has 1 saturated carbocycles. The Morgan fingerprint density at radius 1 is 1.50 bits per heavy atom. The predicted molar refractivity (Wildman–Crippen MR) is 75.2 cm³/mol. The van der Waals surface area contributed by atoms with E-state index >= 15 is 0 Å². The Balaban J connectivity index is 1.94. The highest BCUT2D eigenvalue weighted by molar-refractivity contribution is 9.09. The Morgan fingerprint density at radius 3 is 2.83 bits per heavy atom. The number of hydrogen-bond donors (Lipinski definition) is 1. The van der Waals surface area contributed by atoms with Crippen molar-refractivity contribution in [2.24, 2.45) is 0 Å². The summed E-state index contributed by atoms with van der Waals surface area (Å²) in [6.07, 6.45) is 3.75. The average molecular weight is 312 g/mol. The summed E-state index contributed by atoms with van der Waals surface area (Å²) in [5.41, 5.74) is 0.978. The molecule has 1 fully saturated rings. The van der Waals surface area contributed by atoms with E-state index in [1.165, 1.54) is 6.42 Å². The lowest BCUT2D eigenvalue weighted by molar-refractivity contribution is -0.123. The molecule has 0 spiro atoms. The quantitative estimate of drug-likeness (QED) is 0.849. The molecule has 0 radical (unpaired) electrons. The first-order valence-electron chi connectivity index (χ1n) is 6.17. The van der Waals surface area contributed by atoms with Crippen LogP contribution in [0.1, 0.15) is 24.8 Å². The van der Waals surface area contributed by atoms with Crippen molar-refractivity contribution in [2.75, 3.05) is 12.4 Å². The number of alkyl halides is 1. The Morgan fingerprint density at radius 2 is 2.28 bits per heavy atom. The molecule has 1 aliphatic carbocycles. The molecule has 0 atom stereocenters. The zero-order chi connectivity index (χ0) is 13.0. The maximum atomic E-state index is 12.0. The molecule has 1 aromatic carbocycles. The summed E-state index contributed by atoms with van der Waals surface area (Å²) in [7, 11) is 1.63. The highest BCUT2D eigenvalue weighted by Crippen LogP contribution is 2.33. The first-order valence-corrected chi connectivity index (χ1v) is 7.29. The lowest BCUT2D eigenvalue weighted by Crippen LogP contribution is -2.55. The molecule has 0 aromatic heterocycles. The molecule has 18 heavy (non-hydrogen) atoms. The highest BCUT2D eigenvalue weighted by Gasteiger charge is 2.36. The number of halogens is 1. The lowest BCUT2D eigenvalue weighted by Gasteiger charge is -2.41. The number of ether oxygens (including phenoxy) is 1. The fraction of sp³-hybridized carbons (Fsp3) is 0.500. The van der Waals surface area contributed by atoms with Gasteiger partial charge in [-0.15, -0.1) is 0 Å². The van der Waals surface area contributed by atoms with Crippen LogP contribution < -0.4 is 10.1 Å². The van der Waals surface area contributed by atoms with E-state index in [0.29, 0.717) is 6.42 Å². The SMILES string of the molecule is COc1cccc(CC(=O)NC2(CBr)CCC2)c1. The Hall–Kier alpha value is -1.03. The van der Waals surface area contributed by atoms with Crippen LogP contribution in [0.3, 0.4) is 0 Å². The second kappa shape index (κ2) is 5.74.